The lowest BCUT2D eigenvalue weighted by Crippen LogP contribution is -2.47. The third-order valence-electron chi connectivity index (χ3n) is 4.98. The van der Waals surface area contributed by atoms with Gasteiger partial charge in [-0.05, 0) is 13.8 Å². The summed E-state index contributed by atoms with van der Waals surface area (Å²) in [6, 6.07) is 3.70. The van der Waals surface area contributed by atoms with Crippen molar-refractivity contribution < 1.29 is 13.2 Å². The summed E-state index contributed by atoms with van der Waals surface area (Å²) in [5, 5.41) is 3.66. The van der Waals surface area contributed by atoms with Gasteiger partial charge in [-0.25, -0.2) is 15.0 Å². The van der Waals surface area contributed by atoms with Crippen LogP contribution in [-0.4, -0.2) is 55.7 Å². The maximum absolute atomic E-state index is 13.1. The van der Waals surface area contributed by atoms with Crippen LogP contribution in [0.3, 0.4) is 0 Å². The minimum absolute atomic E-state index is 0.0484. The van der Waals surface area contributed by atoms with Crippen molar-refractivity contribution in [1.82, 2.24) is 29.5 Å². The molecule has 30 heavy (non-hydrogen) atoms. The van der Waals surface area contributed by atoms with Gasteiger partial charge in [-0.2, -0.15) is 22.7 Å². The normalized spacial score (nSPS) is 15.5. The second kappa shape index (κ2) is 7.37. The third-order valence-corrected chi connectivity index (χ3v) is 4.98. The summed E-state index contributed by atoms with van der Waals surface area (Å²) >= 11 is 0. The van der Waals surface area contributed by atoms with E-state index in [9.17, 15) is 13.2 Å². The molecule has 11 heteroatoms. The Morgan fingerprint density at radius 1 is 0.867 bits per heavy atom. The molecule has 1 fully saturated rings. The van der Waals surface area contributed by atoms with Gasteiger partial charge < -0.3 is 9.80 Å². The van der Waals surface area contributed by atoms with Crippen LogP contribution in [0.2, 0.25) is 0 Å². The maximum atomic E-state index is 13.1. The van der Waals surface area contributed by atoms with Gasteiger partial charge in [0, 0.05) is 55.6 Å². The van der Waals surface area contributed by atoms with Crippen LogP contribution >= 0.6 is 0 Å². The minimum Gasteiger partial charge on any atom is -0.353 e. The Kier molecular flexibility index (Phi) is 4.99. The van der Waals surface area contributed by atoms with E-state index in [1.54, 1.807) is 13.0 Å². The van der Waals surface area contributed by atoms with E-state index in [0.29, 0.717) is 37.7 Å². The highest BCUT2D eigenvalue weighted by Gasteiger charge is 2.37. The molecule has 1 aliphatic rings. The molecule has 0 amide bonds. The summed E-state index contributed by atoms with van der Waals surface area (Å²) in [6.45, 7) is 10.4. The highest BCUT2D eigenvalue weighted by molar-refractivity contribution is 5.50. The number of anilines is 2. The van der Waals surface area contributed by atoms with Crippen LogP contribution in [0.15, 0.2) is 12.1 Å². The van der Waals surface area contributed by atoms with Crippen molar-refractivity contribution in [2.75, 3.05) is 36.0 Å². The molecule has 0 radical (unpaired) electrons. The van der Waals surface area contributed by atoms with Crippen molar-refractivity contribution in [1.29, 1.82) is 0 Å². The standard InChI is InChI=1S/C19H23F3N8/c1-11(2)16-23-12(3)9-14(25-16)28-5-7-29(8-6-28)15-10-13(4)24-18-26-17(19(20,21)22)27-30(15)18/h9-11H,5-8H2,1-4H3. The Morgan fingerprint density at radius 3 is 2.13 bits per heavy atom. The summed E-state index contributed by atoms with van der Waals surface area (Å²) in [5.41, 5.74) is 1.51. The molecule has 4 heterocycles. The van der Waals surface area contributed by atoms with Crippen molar-refractivity contribution in [3.8, 4) is 0 Å². The lowest BCUT2D eigenvalue weighted by Gasteiger charge is -2.36. The number of fused-ring (bicyclic) bond motifs is 1. The van der Waals surface area contributed by atoms with Crippen molar-refractivity contribution >= 4 is 17.4 Å². The average molecular weight is 420 g/mol. The molecule has 0 atom stereocenters. The van der Waals surface area contributed by atoms with Crippen molar-refractivity contribution in [3.05, 3.63) is 35.2 Å². The smallest absolute Gasteiger partial charge is 0.353 e. The highest BCUT2D eigenvalue weighted by atomic mass is 19.4. The fraction of sp³-hybridized carbons (Fsp3) is 0.526. The van der Waals surface area contributed by atoms with E-state index < -0.39 is 12.0 Å². The Morgan fingerprint density at radius 2 is 1.50 bits per heavy atom. The predicted octanol–water partition coefficient (Wildman–Crippen LogP) is 3.00. The topological polar surface area (TPSA) is 75.3 Å². The van der Waals surface area contributed by atoms with Crippen LogP contribution in [0.5, 0.6) is 0 Å². The van der Waals surface area contributed by atoms with Gasteiger partial charge in [0.25, 0.3) is 11.6 Å². The van der Waals surface area contributed by atoms with Gasteiger partial charge in [-0.3, -0.25) is 0 Å². The zero-order valence-corrected chi connectivity index (χ0v) is 17.3. The van der Waals surface area contributed by atoms with E-state index in [1.165, 1.54) is 4.52 Å². The molecule has 8 nitrogen and oxygen atoms in total. The van der Waals surface area contributed by atoms with Gasteiger partial charge in [-0.15, -0.1) is 5.10 Å². The average Bonchev–Trinajstić information content (AvgIpc) is 3.11. The first-order chi connectivity index (χ1) is 14.1. The van der Waals surface area contributed by atoms with Crippen molar-refractivity contribution in [2.45, 2.75) is 39.8 Å². The molecule has 0 aromatic carbocycles. The Bertz CT molecular complexity index is 1070. The van der Waals surface area contributed by atoms with Gasteiger partial charge >= 0.3 is 6.18 Å². The van der Waals surface area contributed by atoms with E-state index in [1.807, 2.05) is 17.9 Å². The van der Waals surface area contributed by atoms with Crippen LogP contribution in [0.4, 0.5) is 24.8 Å². The molecule has 0 bridgehead atoms. The lowest BCUT2D eigenvalue weighted by atomic mass is 10.2. The van der Waals surface area contributed by atoms with Crippen molar-refractivity contribution in [3.63, 3.8) is 0 Å². The predicted molar refractivity (Wildman–Crippen MR) is 106 cm³/mol. The zero-order valence-electron chi connectivity index (χ0n) is 17.3. The maximum Gasteiger partial charge on any atom is 0.453 e. The second-order valence-corrected chi connectivity index (χ2v) is 7.76. The quantitative estimate of drug-likeness (QED) is 0.645. The molecule has 0 unspecified atom stereocenters. The van der Waals surface area contributed by atoms with E-state index in [0.717, 1.165) is 17.3 Å². The van der Waals surface area contributed by atoms with Gasteiger partial charge in [-0.1, -0.05) is 13.8 Å². The Labute approximate surface area is 171 Å². The van der Waals surface area contributed by atoms with Crippen LogP contribution < -0.4 is 9.80 Å². The fourth-order valence-corrected chi connectivity index (χ4v) is 3.47. The lowest BCUT2D eigenvalue weighted by molar-refractivity contribution is -0.144. The Hall–Kier alpha value is -2.98. The monoisotopic (exact) mass is 420 g/mol. The SMILES string of the molecule is Cc1cc(N2CCN(c3cc(C)nc4nc(C(F)(F)F)nn34)CC2)nc(C(C)C)n1. The second-order valence-electron chi connectivity index (χ2n) is 7.76. The number of piperazine rings is 1. The molecule has 0 N–H and O–H groups in total. The van der Waals surface area contributed by atoms with Crippen LogP contribution in [0.25, 0.3) is 5.78 Å². The van der Waals surface area contributed by atoms with E-state index in [-0.39, 0.29) is 11.7 Å². The molecule has 3 aromatic heterocycles. The number of alkyl halides is 3. The molecule has 0 spiro atoms. The summed E-state index contributed by atoms with van der Waals surface area (Å²) in [7, 11) is 0. The Balaban J connectivity index is 1.59. The van der Waals surface area contributed by atoms with E-state index in [2.05, 4.69) is 43.8 Å². The zero-order chi connectivity index (χ0) is 21.6. The van der Waals surface area contributed by atoms with E-state index >= 15 is 0 Å². The van der Waals surface area contributed by atoms with Gasteiger partial charge in [0.1, 0.15) is 17.5 Å². The van der Waals surface area contributed by atoms with Gasteiger partial charge in [0.05, 0.1) is 0 Å². The number of hydrogen-bond acceptors (Lipinski definition) is 7. The minimum atomic E-state index is -4.61. The first kappa shape index (κ1) is 20.3. The molecule has 0 aliphatic carbocycles. The molecule has 1 aliphatic heterocycles. The first-order valence-corrected chi connectivity index (χ1v) is 9.79. The number of hydrogen-bond donors (Lipinski definition) is 0. The number of aromatic nitrogens is 6. The highest BCUT2D eigenvalue weighted by Crippen LogP contribution is 2.28. The van der Waals surface area contributed by atoms with Gasteiger partial charge in [0.2, 0.25) is 0 Å². The summed E-state index contributed by atoms with van der Waals surface area (Å²) < 4.78 is 40.4. The number of aryl methyl sites for hydroxylation is 2. The fourth-order valence-electron chi connectivity index (χ4n) is 3.47. The molecular formula is C19H23F3N8. The number of nitrogens with zero attached hydrogens (tertiary/aromatic N) is 8. The van der Waals surface area contributed by atoms with Crippen molar-refractivity contribution in [2.24, 2.45) is 0 Å². The molecule has 0 saturated carbocycles. The number of halogens is 3. The molecule has 3 aromatic rings. The third kappa shape index (κ3) is 3.88. The molecule has 160 valence electrons. The summed E-state index contributed by atoms with van der Waals surface area (Å²) in [5.74, 6) is 1.24. The van der Waals surface area contributed by atoms with Crippen LogP contribution in [0.1, 0.15) is 42.8 Å². The van der Waals surface area contributed by atoms with E-state index in [4.69, 9.17) is 0 Å². The largest absolute Gasteiger partial charge is 0.453 e. The van der Waals surface area contributed by atoms with Crippen LogP contribution in [-0.2, 0) is 6.18 Å². The first-order valence-electron chi connectivity index (χ1n) is 9.79. The van der Waals surface area contributed by atoms with Gasteiger partial charge in [0.15, 0.2) is 0 Å². The molecule has 4 rings (SSSR count). The summed E-state index contributed by atoms with van der Waals surface area (Å²) in [6.07, 6.45) is -4.61. The molecule has 1 saturated heterocycles. The molecular weight excluding hydrogens is 397 g/mol. The summed E-state index contributed by atoms with van der Waals surface area (Å²) in [4.78, 5) is 21.0. The van der Waals surface area contributed by atoms with Crippen LogP contribution in [0, 0.1) is 13.8 Å². The number of rotatable bonds is 3.